The van der Waals surface area contributed by atoms with Crippen molar-refractivity contribution in [1.29, 1.82) is 0 Å². The maximum Gasteiger partial charge on any atom is 0.227 e. The molecule has 126 valence electrons. The highest BCUT2D eigenvalue weighted by Gasteiger charge is 2.22. The first-order chi connectivity index (χ1) is 11.7. The molecule has 1 atom stereocenters. The minimum Gasteiger partial charge on any atom is -0.338 e. The Hall–Kier alpha value is -2.27. The molecule has 5 heteroatoms. The summed E-state index contributed by atoms with van der Waals surface area (Å²) in [6, 6.07) is 7.88. The van der Waals surface area contributed by atoms with E-state index in [2.05, 4.69) is 15.3 Å². The predicted molar refractivity (Wildman–Crippen MR) is 93.3 cm³/mol. The van der Waals surface area contributed by atoms with Gasteiger partial charge >= 0.3 is 0 Å². The second-order valence-electron chi connectivity index (χ2n) is 6.48. The van der Waals surface area contributed by atoms with Crippen molar-refractivity contribution in [3.63, 3.8) is 0 Å². The van der Waals surface area contributed by atoms with Gasteiger partial charge in [0, 0.05) is 37.4 Å². The van der Waals surface area contributed by atoms with Gasteiger partial charge in [0.25, 0.3) is 0 Å². The molecule has 0 radical (unpaired) electrons. The van der Waals surface area contributed by atoms with E-state index in [0.29, 0.717) is 18.9 Å². The third-order valence-electron chi connectivity index (χ3n) is 4.42. The van der Waals surface area contributed by atoms with E-state index in [1.54, 1.807) is 12.4 Å². The smallest absolute Gasteiger partial charge is 0.227 e. The van der Waals surface area contributed by atoms with Crippen LogP contribution in [0.2, 0.25) is 0 Å². The molecule has 0 aromatic carbocycles. The number of aromatic nitrogens is 2. The number of nitrogens with one attached hydrogen (secondary N) is 1. The zero-order chi connectivity index (χ0) is 16.8. The lowest BCUT2D eigenvalue weighted by Crippen LogP contribution is -2.36. The van der Waals surface area contributed by atoms with Gasteiger partial charge < -0.3 is 10.2 Å². The summed E-state index contributed by atoms with van der Waals surface area (Å²) in [4.78, 5) is 23.3. The first-order valence-corrected chi connectivity index (χ1v) is 8.49. The summed E-state index contributed by atoms with van der Waals surface area (Å²) in [5.74, 6) is 0.679. The molecule has 24 heavy (non-hydrogen) atoms. The summed E-state index contributed by atoms with van der Waals surface area (Å²) in [5, 5.41) is 3.38. The number of carbonyl (C=O) groups excluding carboxylic acids is 1. The van der Waals surface area contributed by atoms with Crippen molar-refractivity contribution in [2.75, 3.05) is 19.6 Å². The zero-order valence-corrected chi connectivity index (χ0v) is 14.1. The van der Waals surface area contributed by atoms with E-state index in [9.17, 15) is 4.79 Å². The Balaban J connectivity index is 1.69. The Labute approximate surface area is 143 Å². The van der Waals surface area contributed by atoms with Crippen LogP contribution in [0.5, 0.6) is 0 Å². The van der Waals surface area contributed by atoms with E-state index in [4.69, 9.17) is 0 Å². The van der Waals surface area contributed by atoms with E-state index in [1.807, 2.05) is 42.3 Å². The lowest BCUT2D eigenvalue weighted by molar-refractivity contribution is -0.131. The quantitative estimate of drug-likeness (QED) is 0.882. The van der Waals surface area contributed by atoms with Gasteiger partial charge in [-0.05, 0) is 55.6 Å². The van der Waals surface area contributed by atoms with Crippen LogP contribution in [0.1, 0.15) is 23.2 Å². The molecular formula is C19H24N4O. The molecule has 1 fully saturated rings. The van der Waals surface area contributed by atoms with Crippen molar-refractivity contribution in [2.24, 2.45) is 5.92 Å². The van der Waals surface area contributed by atoms with Crippen molar-refractivity contribution in [3.05, 3.63) is 59.7 Å². The third-order valence-corrected chi connectivity index (χ3v) is 4.42. The van der Waals surface area contributed by atoms with Gasteiger partial charge in [0.15, 0.2) is 0 Å². The van der Waals surface area contributed by atoms with E-state index in [-0.39, 0.29) is 5.91 Å². The van der Waals surface area contributed by atoms with Gasteiger partial charge in [-0.2, -0.15) is 0 Å². The average molecular weight is 324 g/mol. The predicted octanol–water partition coefficient (Wildman–Crippen LogP) is 1.97. The van der Waals surface area contributed by atoms with E-state index >= 15 is 0 Å². The van der Waals surface area contributed by atoms with Gasteiger partial charge in [-0.3, -0.25) is 14.8 Å². The molecule has 0 bridgehead atoms. The maximum absolute atomic E-state index is 12.8. The molecule has 0 aliphatic carbocycles. The number of hydrogen-bond donors (Lipinski definition) is 1. The second-order valence-corrected chi connectivity index (χ2v) is 6.48. The summed E-state index contributed by atoms with van der Waals surface area (Å²) in [5.41, 5.74) is 3.00. The molecule has 2 aromatic heterocycles. The molecule has 3 rings (SSSR count). The van der Waals surface area contributed by atoms with E-state index in [0.717, 1.165) is 42.9 Å². The first-order valence-electron chi connectivity index (χ1n) is 8.49. The van der Waals surface area contributed by atoms with Gasteiger partial charge in [-0.25, -0.2) is 0 Å². The summed E-state index contributed by atoms with van der Waals surface area (Å²) >= 11 is 0. The van der Waals surface area contributed by atoms with Crippen molar-refractivity contribution >= 4 is 5.91 Å². The molecule has 1 amide bonds. The number of pyridine rings is 2. The van der Waals surface area contributed by atoms with Crippen LogP contribution in [0.25, 0.3) is 0 Å². The average Bonchev–Trinajstić information content (AvgIpc) is 3.10. The van der Waals surface area contributed by atoms with Crippen LogP contribution in [-0.4, -0.2) is 40.4 Å². The molecule has 1 aliphatic heterocycles. The van der Waals surface area contributed by atoms with Crippen molar-refractivity contribution in [3.8, 4) is 0 Å². The van der Waals surface area contributed by atoms with Crippen LogP contribution >= 0.6 is 0 Å². The Morgan fingerprint density at radius 2 is 2.21 bits per heavy atom. The number of hydrogen-bond acceptors (Lipinski definition) is 4. The largest absolute Gasteiger partial charge is 0.338 e. The molecule has 0 spiro atoms. The summed E-state index contributed by atoms with van der Waals surface area (Å²) in [7, 11) is 0. The highest BCUT2D eigenvalue weighted by molar-refractivity contribution is 5.78. The zero-order valence-electron chi connectivity index (χ0n) is 14.1. The van der Waals surface area contributed by atoms with E-state index < -0.39 is 0 Å². The maximum atomic E-state index is 12.8. The van der Waals surface area contributed by atoms with Gasteiger partial charge in [-0.1, -0.05) is 12.1 Å². The first kappa shape index (κ1) is 16.6. The fourth-order valence-electron chi connectivity index (χ4n) is 3.04. The Morgan fingerprint density at radius 1 is 1.29 bits per heavy atom. The number of aryl methyl sites for hydroxylation is 1. The summed E-state index contributed by atoms with van der Waals surface area (Å²) in [6.45, 7) is 5.39. The molecule has 0 unspecified atom stereocenters. The van der Waals surface area contributed by atoms with Crippen LogP contribution in [0.4, 0.5) is 0 Å². The molecule has 2 aromatic rings. The van der Waals surface area contributed by atoms with Crippen molar-refractivity contribution in [2.45, 2.75) is 26.3 Å². The molecule has 1 saturated heterocycles. The molecule has 0 saturated carbocycles. The van der Waals surface area contributed by atoms with Crippen LogP contribution in [0.15, 0.2) is 42.9 Å². The lowest BCUT2D eigenvalue weighted by atomic mass is 10.1. The molecule has 5 nitrogen and oxygen atoms in total. The monoisotopic (exact) mass is 324 g/mol. The molecule has 1 aliphatic rings. The lowest BCUT2D eigenvalue weighted by Gasteiger charge is -2.25. The van der Waals surface area contributed by atoms with Crippen LogP contribution in [0, 0.1) is 12.8 Å². The van der Waals surface area contributed by atoms with Gasteiger partial charge in [0.2, 0.25) is 5.91 Å². The van der Waals surface area contributed by atoms with Crippen LogP contribution in [-0.2, 0) is 17.8 Å². The fraction of sp³-hybridized carbons (Fsp3) is 0.421. The highest BCUT2D eigenvalue weighted by Crippen LogP contribution is 2.14. The Morgan fingerprint density at radius 3 is 2.88 bits per heavy atom. The van der Waals surface area contributed by atoms with Crippen molar-refractivity contribution < 1.29 is 4.79 Å². The second kappa shape index (κ2) is 8.02. The molecule has 1 N–H and O–H groups in total. The number of nitrogens with zero attached hydrogens (tertiary/aromatic N) is 3. The van der Waals surface area contributed by atoms with Gasteiger partial charge in [0.1, 0.15) is 0 Å². The third kappa shape index (κ3) is 4.61. The number of carbonyl (C=O) groups is 1. The molecule has 3 heterocycles. The fourth-order valence-corrected chi connectivity index (χ4v) is 3.04. The number of amides is 1. The van der Waals surface area contributed by atoms with Crippen molar-refractivity contribution in [1.82, 2.24) is 20.2 Å². The highest BCUT2D eigenvalue weighted by atomic mass is 16.2. The van der Waals surface area contributed by atoms with Crippen LogP contribution in [0.3, 0.4) is 0 Å². The number of rotatable bonds is 6. The molecular weight excluding hydrogens is 300 g/mol. The topological polar surface area (TPSA) is 58.1 Å². The van der Waals surface area contributed by atoms with Gasteiger partial charge in [0.05, 0.1) is 6.42 Å². The summed E-state index contributed by atoms with van der Waals surface area (Å²) in [6.07, 6.45) is 6.92. The standard InChI is InChI=1S/C19H24N4O/c1-15-4-5-16(12-22-15)9-19(24)23(14-18-6-8-21-11-18)13-17-3-2-7-20-10-17/h2-5,7,10,12,18,21H,6,8-9,11,13-14H2,1H3/t18-/m0/s1. The Bertz CT molecular complexity index is 651. The van der Waals surface area contributed by atoms with Crippen LogP contribution < -0.4 is 5.32 Å². The minimum atomic E-state index is 0.149. The minimum absolute atomic E-state index is 0.149. The summed E-state index contributed by atoms with van der Waals surface area (Å²) < 4.78 is 0. The Kier molecular flexibility index (Phi) is 5.54. The normalized spacial score (nSPS) is 17.0. The van der Waals surface area contributed by atoms with Gasteiger partial charge in [-0.15, -0.1) is 0 Å². The van der Waals surface area contributed by atoms with E-state index in [1.165, 1.54) is 0 Å². The SMILES string of the molecule is Cc1ccc(CC(=O)N(Cc2cccnc2)C[C@H]2CCNC2)cn1.